The molecule has 1 aromatic carbocycles. The third-order valence-electron chi connectivity index (χ3n) is 6.83. The fourth-order valence-electron chi connectivity index (χ4n) is 4.93. The zero-order valence-corrected chi connectivity index (χ0v) is 17.9. The van der Waals surface area contributed by atoms with Gasteiger partial charge in [0.05, 0.1) is 11.2 Å². The lowest BCUT2D eigenvalue weighted by atomic mass is 9.89. The number of piperidine rings is 1. The van der Waals surface area contributed by atoms with Gasteiger partial charge in [-0.1, -0.05) is 6.07 Å². The Morgan fingerprint density at radius 2 is 1.87 bits per heavy atom. The van der Waals surface area contributed by atoms with E-state index in [1.807, 2.05) is 6.20 Å². The van der Waals surface area contributed by atoms with Crippen LogP contribution in [0.4, 0.5) is 5.69 Å². The van der Waals surface area contributed by atoms with Crippen molar-refractivity contribution in [3.8, 4) is 11.5 Å². The number of aromatic nitrogens is 5. The summed E-state index contributed by atoms with van der Waals surface area (Å²) in [5.74, 6) is 1.38. The number of nitrogens with one attached hydrogen (secondary N) is 3. The van der Waals surface area contributed by atoms with Crippen LogP contribution < -0.4 is 10.2 Å². The number of benzene rings is 1. The van der Waals surface area contributed by atoms with Crippen LogP contribution in [0.15, 0.2) is 30.5 Å². The number of nitrogens with zero attached hydrogens (tertiary/aromatic N) is 5. The van der Waals surface area contributed by atoms with Crippen LogP contribution >= 0.6 is 0 Å². The quantitative estimate of drug-likeness (QED) is 0.476. The molecule has 0 bridgehead atoms. The SMILES string of the molecule is CN1CCN(c2ccnc3[nH]c(-c4n[nH]c5ccc(C6CCNCC6)cc45)nc23)CC1. The normalized spacial score (nSPS) is 18.9. The van der Waals surface area contributed by atoms with E-state index in [4.69, 9.17) is 4.98 Å². The lowest BCUT2D eigenvalue weighted by molar-refractivity contribution is 0.313. The molecule has 0 radical (unpaired) electrons. The molecular formula is C23H28N8. The minimum Gasteiger partial charge on any atom is -0.367 e. The van der Waals surface area contributed by atoms with Crippen LogP contribution in [0.1, 0.15) is 24.3 Å². The molecule has 0 saturated carbocycles. The summed E-state index contributed by atoms with van der Waals surface area (Å²) < 4.78 is 0. The van der Waals surface area contributed by atoms with Crippen molar-refractivity contribution in [2.24, 2.45) is 0 Å². The van der Waals surface area contributed by atoms with E-state index in [9.17, 15) is 0 Å². The molecule has 0 aliphatic carbocycles. The lowest BCUT2D eigenvalue weighted by Gasteiger charge is -2.33. The summed E-state index contributed by atoms with van der Waals surface area (Å²) >= 11 is 0. The smallest absolute Gasteiger partial charge is 0.161 e. The predicted molar refractivity (Wildman–Crippen MR) is 124 cm³/mol. The first-order valence-electron chi connectivity index (χ1n) is 11.2. The summed E-state index contributed by atoms with van der Waals surface area (Å²) in [6, 6.07) is 8.77. The molecular weight excluding hydrogens is 388 g/mol. The van der Waals surface area contributed by atoms with E-state index in [-0.39, 0.29) is 0 Å². The van der Waals surface area contributed by atoms with Crippen LogP contribution in [0.3, 0.4) is 0 Å². The standard InChI is InChI=1S/C23H28N8/c1-30-10-12-31(13-11-30)19-6-9-25-22-21(19)26-23(27-22)20-17-14-16(2-3-18(17)28-29-20)15-4-7-24-8-5-15/h2-3,6,9,14-15,24H,4-5,7-8,10-13H2,1H3,(H,28,29)(H,25,26,27). The molecule has 2 aliphatic rings. The Kier molecular flexibility index (Phi) is 4.61. The minimum atomic E-state index is 0.606. The molecule has 3 N–H and O–H groups in total. The molecule has 6 rings (SSSR count). The number of hydrogen-bond acceptors (Lipinski definition) is 6. The third-order valence-corrected chi connectivity index (χ3v) is 6.83. The highest BCUT2D eigenvalue weighted by Crippen LogP contribution is 2.33. The van der Waals surface area contributed by atoms with Crippen LogP contribution in [0.2, 0.25) is 0 Å². The largest absolute Gasteiger partial charge is 0.367 e. The number of rotatable bonds is 3. The van der Waals surface area contributed by atoms with E-state index < -0.39 is 0 Å². The second-order valence-corrected chi connectivity index (χ2v) is 8.80. The fraction of sp³-hybridized carbons (Fsp3) is 0.435. The molecule has 8 heteroatoms. The average Bonchev–Trinajstić information content (AvgIpc) is 3.43. The van der Waals surface area contributed by atoms with Gasteiger partial charge in [-0.2, -0.15) is 5.10 Å². The Labute approximate surface area is 181 Å². The number of imidazole rings is 1. The van der Waals surface area contributed by atoms with Gasteiger partial charge < -0.3 is 20.1 Å². The molecule has 2 fully saturated rings. The summed E-state index contributed by atoms with van der Waals surface area (Å²) in [4.78, 5) is 17.7. The Morgan fingerprint density at radius 1 is 1.03 bits per heavy atom. The van der Waals surface area contributed by atoms with E-state index >= 15 is 0 Å². The molecule has 4 aromatic rings. The summed E-state index contributed by atoms with van der Waals surface area (Å²) in [6.45, 7) is 6.30. The fourth-order valence-corrected chi connectivity index (χ4v) is 4.93. The van der Waals surface area contributed by atoms with Crippen molar-refractivity contribution in [1.29, 1.82) is 0 Å². The minimum absolute atomic E-state index is 0.606. The number of piperazine rings is 1. The molecule has 5 heterocycles. The first-order valence-corrected chi connectivity index (χ1v) is 11.2. The zero-order valence-electron chi connectivity index (χ0n) is 17.9. The van der Waals surface area contributed by atoms with Gasteiger partial charge in [0.15, 0.2) is 11.5 Å². The van der Waals surface area contributed by atoms with Crippen molar-refractivity contribution < 1.29 is 0 Å². The second-order valence-electron chi connectivity index (χ2n) is 8.80. The van der Waals surface area contributed by atoms with Gasteiger partial charge in [0.25, 0.3) is 0 Å². The Hall–Kier alpha value is -2.97. The van der Waals surface area contributed by atoms with Gasteiger partial charge in [-0.15, -0.1) is 0 Å². The molecule has 0 amide bonds. The van der Waals surface area contributed by atoms with E-state index in [1.165, 1.54) is 18.4 Å². The molecule has 3 aromatic heterocycles. The molecule has 160 valence electrons. The zero-order chi connectivity index (χ0) is 20.8. The topological polar surface area (TPSA) is 88.8 Å². The first-order chi connectivity index (χ1) is 15.3. The van der Waals surface area contributed by atoms with Gasteiger partial charge in [-0.3, -0.25) is 5.10 Å². The predicted octanol–water partition coefficient (Wildman–Crippen LogP) is 2.72. The highest BCUT2D eigenvalue weighted by atomic mass is 15.3. The van der Waals surface area contributed by atoms with Gasteiger partial charge in [-0.25, -0.2) is 9.97 Å². The van der Waals surface area contributed by atoms with Crippen molar-refractivity contribution in [3.63, 3.8) is 0 Å². The number of anilines is 1. The molecule has 8 nitrogen and oxygen atoms in total. The monoisotopic (exact) mass is 416 g/mol. The van der Waals surface area contributed by atoms with Gasteiger partial charge in [0, 0.05) is 37.8 Å². The number of fused-ring (bicyclic) bond motifs is 2. The maximum Gasteiger partial charge on any atom is 0.161 e. The van der Waals surface area contributed by atoms with Crippen molar-refractivity contribution >= 4 is 27.8 Å². The van der Waals surface area contributed by atoms with Crippen LogP contribution in [-0.4, -0.2) is 76.4 Å². The van der Waals surface area contributed by atoms with Gasteiger partial charge >= 0.3 is 0 Å². The van der Waals surface area contributed by atoms with Gasteiger partial charge in [-0.05, 0) is 62.7 Å². The van der Waals surface area contributed by atoms with Crippen molar-refractivity contribution in [1.82, 2.24) is 35.4 Å². The van der Waals surface area contributed by atoms with E-state index in [2.05, 4.69) is 66.6 Å². The van der Waals surface area contributed by atoms with Gasteiger partial charge in [0.2, 0.25) is 0 Å². The van der Waals surface area contributed by atoms with E-state index in [0.717, 1.165) is 78.5 Å². The number of aromatic amines is 2. The first kappa shape index (κ1) is 18.8. The number of pyridine rings is 1. The Bertz CT molecular complexity index is 1210. The Morgan fingerprint density at radius 3 is 2.71 bits per heavy atom. The maximum atomic E-state index is 4.98. The summed E-state index contributed by atoms with van der Waals surface area (Å²) in [6.07, 6.45) is 4.24. The summed E-state index contributed by atoms with van der Waals surface area (Å²) in [7, 11) is 2.17. The average molecular weight is 417 g/mol. The number of likely N-dealkylation sites (N-methyl/N-ethyl adjacent to an activating group) is 1. The molecule has 2 aliphatic heterocycles. The van der Waals surface area contributed by atoms with E-state index in [1.54, 1.807) is 0 Å². The highest BCUT2D eigenvalue weighted by molar-refractivity contribution is 5.95. The molecule has 0 atom stereocenters. The molecule has 0 unspecified atom stereocenters. The number of hydrogen-bond donors (Lipinski definition) is 3. The molecule has 2 saturated heterocycles. The van der Waals surface area contributed by atoms with Crippen molar-refractivity contribution in [2.75, 3.05) is 51.2 Å². The Balaban J connectivity index is 1.40. The van der Waals surface area contributed by atoms with Gasteiger partial charge in [0.1, 0.15) is 11.2 Å². The van der Waals surface area contributed by atoms with Crippen LogP contribution in [0, 0.1) is 0 Å². The third kappa shape index (κ3) is 3.36. The number of H-pyrrole nitrogens is 2. The molecule has 31 heavy (non-hydrogen) atoms. The van der Waals surface area contributed by atoms with Crippen molar-refractivity contribution in [2.45, 2.75) is 18.8 Å². The molecule has 0 spiro atoms. The van der Waals surface area contributed by atoms with Crippen LogP contribution in [0.5, 0.6) is 0 Å². The van der Waals surface area contributed by atoms with Crippen LogP contribution in [-0.2, 0) is 0 Å². The van der Waals surface area contributed by atoms with Crippen molar-refractivity contribution in [3.05, 3.63) is 36.0 Å². The summed E-state index contributed by atoms with van der Waals surface area (Å²) in [5.41, 5.74) is 6.19. The van der Waals surface area contributed by atoms with E-state index in [0.29, 0.717) is 5.92 Å². The summed E-state index contributed by atoms with van der Waals surface area (Å²) in [5, 5.41) is 12.4. The maximum absolute atomic E-state index is 4.98. The second kappa shape index (κ2) is 7.62. The lowest BCUT2D eigenvalue weighted by Crippen LogP contribution is -2.44. The van der Waals surface area contributed by atoms with Crippen LogP contribution in [0.25, 0.3) is 33.6 Å². The highest BCUT2D eigenvalue weighted by Gasteiger charge is 2.21.